The van der Waals surface area contributed by atoms with Crippen molar-refractivity contribution in [3.8, 4) is 17.1 Å². The molecule has 148 valence electrons. The van der Waals surface area contributed by atoms with E-state index in [0.29, 0.717) is 6.61 Å². The molecule has 1 aromatic heterocycles. The molecule has 0 amide bonds. The standard InChI is InChI=1S/C25H25ClN2O/c1-18-9-11-20(12-10-18)25-27-23-7-3-4-8-24(23)28(25)15-5-6-16-29-21-13-14-22(26)19(2)17-21/h3-4,7-14,17H,5-6,15-16H2,1-2H3. The van der Waals surface area contributed by atoms with Crippen molar-refractivity contribution in [3.63, 3.8) is 0 Å². The van der Waals surface area contributed by atoms with Gasteiger partial charge in [-0.05, 0) is 62.6 Å². The molecule has 4 rings (SSSR count). The maximum Gasteiger partial charge on any atom is 0.141 e. The molecule has 0 aliphatic carbocycles. The summed E-state index contributed by atoms with van der Waals surface area (Å²) in [5.74, 6) is 1.90. The second-order valence-corrected chi connectivity index (χ2v) is 7.82. The Morgan fingerprint density at radius 3 is 2.52 bits per heavy atom. The number of para-hydroxylation sites is 2. The highest BCUT2D eigenvalue weighted by atomic mass is 35.5. The summed E-state index contributed by atoms with van der Waals surface area (Å²) in [6.45, 7) is 5.70. The van der Waals surface area contributed by atoms with Crippen LogP contribution in [0.2, 0.25) is 5.02 Å². The number of aromatic nitrogens is 2. The Hall–Kier alpha value is -2.78. The quantitative estimate of drug-likeness (QED) is 0.315. The van der Waals surface area contributed by atoms with Gasteiger partial charge in [0.2, 0.25) is 0 Å². The number of ether oxygens (including phenoxy) is 1. The fourth-order valence-electron chi connectivity index (χ4n) is 3.49. The lowest BCUT2D eigenvalue weighted by atomic mass is 10.1. The lowest BCUT2D eigenvalue weighted by Crippen LogP contribution is -2.04. The molecule has 3 nitrogen and oxygen atoms in total. The van der Waals surface area contributed by atoms with Crippen LogP contribution in [0.5, 0.6) is 5.75 Å². The molecule has 29 heavy (non-hydrogen) atoms. The average molecular weight is 405 g/mol. The van der Waals surface area contributed by atoms with E-state index in [9.17, 15) is 0 Å². The normalized spacial score (nSPS) is 11.1. The van der Waals surface area contributed by atoms with Crippen LogP contribution in [-0.4, -0.2) is 16.2 Å². The maximum absolute atomic E-state index is 6.08. The van der Waals surface area contributed by atoms with E-state index >= 15 is 0 Å². The largest absolute Gasteiger partial charge is 0.494 e. The highest BCUT2D eigenvalue weighted by molar-refractivity contribution is 6.31. The molecule has 0 aliphatic heterocycles. The first-order valence-corrected chi connectivity index (χ1v) is 10.4. The van der Waals surface area contributed by atoms with E-state index in [1.807, 2.05) is 31.2 Å². The summed E-state index contributed by atoms with van der Waals surface area (Å²) in [5, 5.41) is 0.771. The van der Waals surface area contributed by atoms with E-state index < -0.39 is 0 Å². The van der Waals surface area contributed by atoms with E-state index in [1.54, 1.807) is 0 Å². The van der Waals surface area contributed by atoms with Gasteiger partial charge < -0.3 is 9.30 Å². The van der Waals surface area contributed by atoms with E-state index in [1.165, 1.54) is 11.1 Å². The molecule has 0 unspecified atom stereocenters. The van der Waals surface area contributed by atoms with Gasteiger partial charge in [0.25, 0.3) is 0 Å². The molecule has 0 saturated heterocycles. The first kappa shape index (κ1) is 19.5. The molecular formula is C25H25ClN2O. The summed E-state index contributed by atoms with van der Waals surface area (Å²) < 4.78 is 8.22. The fraction of sp³-hybridized carbons (Fsp3) is 0.240. The zero-order valence-electron chi connectivity index (χ0n) is 16.9. The Bertz CT molecular complexity index is 1120. The molecule has 0 spiro atoms. The Labute approximate surface area is 176 Å². The number of hydrogen-bond acceptors (Lipinski definition) is 2. The first-order valence-electron chi connectivity index (χ1n) is 10.0. The number of rotatable bonds is 7. The number of nitrogens with zero attached hydrogens (tertiary/aromatic N) is 2. The van der Waals surface area contributed by atoms with Crippen molar-refractivity contribution in [2.24, 2.45) is 0 Å². The number of fused-ring (bicyclic) bond motifs is 1. The second kappa shape index (κ2) is 8.71. The number of unbranched alkanes of at least 4 members (excludes halogenated alkanes) is 1. The Balaban J connectivity index is 1.45. The van der Waals surface area contributed by atoms with Crippen LogP contribution >= 0.6 is 11.6 Å². The van der Waals surface area contributed by atoms with Gasteiger partial charge in [-0.3, -0.25) is 0 Å². The third-order valence-corrected chi connectivity index (χ3v) is 5.56. The number of halogens is 1. The highest BCUT2D eigenvalue weighted by Crippen LogP contribution is 2.26. The Morgan fingerprint density at radius 2 is 1.72 bits per heavy atom. The van der Waals surface area contributed by atoms with E-state index in [2.05, 4.69) is 54.0 Å². The molecule has 4 aromatic rings. The maximum atomic E-state index is 6.08. The Kier molecular flexibility index (Phi) is 5.86. The zero-order valence-corrected chi connectivity index (χ0v) is 17.6. The van der Waals surface area contributed by atoms with Crippen LogP contribution in [0.3, 0.4) is 0 Å². The van der Waals surface area contributed by atoms with Crippen molar-refractivity contribution in [3.05, 3.63) is 82.9 Å². The number of aryl methyl sites for hydroxylation is 3. The van der Waals surface area contributed by atoms with Gasteiger partial charge in [-0.1, -0.05) is 53.6 Å². The number of imidazole rings is 1. The van der Waals surface area contributed by atoms with Gasteiger partial charge in [0.15, 0.2) is 0 Å². The van der Waals surface area contributed by atoms with Gasteiger partial charge in [-0.15, -0.1) is 0 Å². The van der Waals surface area contributed by atoms with Crippen LogP contribution in [-0.2, 0) is 6.54 Å². The van der Waals surface area contributed by atoms with Crippen molar-refractivity contribution >= 4 is 22.6 Å². The highest BCUT2D eigenvalue weighted by Gasteiger charge is 2.12. The van der Waals surface area contributed by atoms with E-state index in [-0.39, 0.29) is 0 Å². The summed E-state index contributed by atoms with van der Waals surface area (Å²) >= 11 is 6.08. The van der Waals surface area contributed by atoms with Crippen LogP contribution < -0.4 is 4.74 Å². The van der Waals surface area contributed by atoms with Crippen LogP contribution in [0.15, 0.2) is 66.7 Å². The lowest BCUT2D eigenvalue weighted by molar-refractivity contribution is 0.303. The van der Waals surface area contributed by atoms with Crippen molar-refractivity contribution in [1.29, 1.82) is 0 Å². The predicted octanol–water partition coefficient (Wildman–Crippen LogP) is 6.83. The molecule has 3 aromatic carbocycles. The topological polar surface area (TPSA) is 27.1 Å². The van der Waals surface area contributed by atoms with Crippen molar-refractivity contribution in [2.45, 2.75) is 33.2 Å². The summed E-state index contributed by atoms with van der Waals surface area (Å²) in [4.78, 5) is 4.90. The van der Waals surface area contributed by atoms with Crippen molar-refractivity contribution in [1.82, 2.24) is 9.55 Å². The van der Waals surface area contributed by atoms with Crippen molar-refractivity contribution in [2.75, 3.05) is 6.61 Å². The van der Waals surface area contributed by atoms with Crippen LogP contribution in [0.25, 0.3) is 22.4 Å². The molecule has 4 heteroatoms. The number of hydrogen-bond donors (Lipinski definition) is 0. The number of benzene rings is 3. The van der Waals surface area contributed by atoms with Crippen LogP contribution in [0.4, 0.5) is 0 Å². The molecule has 0 bridgehead atoms. The van der Waals surface area contributed by atoms with Gasteiger partial charge in [-0.2, -0.15) is 0 Å². The van der Waals surface area contributed by atoms with E-state index in [0.717, 1.165) is 52.6 Å². The summed E-state index contributed by atoms with van der Waals surface area (Å²) in [5.41, 5.74) is 5.66. The first-order chi connectivity index (χ1) is 14.1. The minimum absolute atomic E-state index is 0.688. The minimum atomic E-state index is 0.688. The van der Waals surface area contributed by atoms with Crippen LogP contribution in [0.1, 0.15) is 24.0 Å². The fourth-order valence-corrected chi connectivity index (χ4v) is 3.61. The van der Waals surface area contributed by atoms with Gasteiger partial charge in [0.1, 0.15) is 11.6 Å². The van der Waals surface area contributed by atoms with Gasteiger partial charge in [0.05, 0.1) is 17.6 Å². The zero-order chi connectivity index (χ0) is 20.2. The minimum Gasteiger partial charge on any atom is -0.494 e. The smallest absolute Gasteiger partial charge is 0.141 e. The van der Waals surface area contributed by atoms with Crippen molar-refractivity contribution < 1.29 is 4.74 Å². The van der Waals surface area contributed by atoms with Gasteiger partial charge in [-0.25, -0.2) is 4.98 Å². The third kappa shape index (κ3) is 4.46. The molecular weight excluding hydrogens is 380 g/mol. The predicted molar refractivity (Wildman–Crippen MR) is 121 cm³/mol. The van der Waals surface area contributed by atoms with Gasteiger partial charge in [0, 0.05) is 17.1 Å². The molecule has 0 radical (unpaired) electrons. The van der Waals surface area contributed by atoms with Gasteiger partial charge >= 0.3 is 0 Å². The third-order valence-electron chi connectivity index (χ3n) is 5.14. The molecule has 0 saturated carbocycles. The molecule has 0 atom stereocenters. The summed E-state index contributed by atoms with van der Waals surface area (Å²) in [7, 11) is 0. The summed E-state index contributed by atoms with van der Waals surface area (Å²) in [6.07, 6.45) is 1.99. The molecule has 0 N–H and O–H groups in total. The van der Waals surface area contributed by atoms with Crippen LogP contribution in [0, 0.1) is 13.8 Å². The SMILES string of the molecule is Cc1ccc(-c2nc3ccccc3n2CCCCOc2ccc(Cl)c(C)c2)cc1. The lowest BCUT2D eigenvalue weighted by Gasteiger charge is -2.11. The molecule has 1 heterocycles. The molecule has 0 fully saturated rings. The monoisotopic (exact) mass is 404 g/mol. The van der Waals surface area contributed by atoms with E-state index in [4.69, 9.17) is 21.3 Å². The summed E-state index contributed by atoms with van der Waals surface area (Å²) in [6, 6.07) is 22.7. The second-order valence-electron chi connectivity index (χ2n) is 7.41. The Morgan fingerprint density at radius 1 is 0.931 bits per heavy atom. The average Bonchev–Trinajstić information content (AvgIpc) is 3.09. The molecule has 0 aliphatic rings.